The summed E-state index contributed by atoms with van der Waals surface area (Å²) in [6.07, 6.45) is 5.44. The molecule has 0 saturated carbocycles. The number of nitrogens with one attached hydrogen (secondary N) is 1. The number of nitrogens with zero attached hydrogens (tertiary/aromatic N) is 1. The van der Waals surface area contributed by atoms with Gasteiger partial charge in [0.25, 0.3) is 0 Å². The molecule has 17 heavy (non-hydrogen) atoms. The van der Waals surface area contributed by atoms with E-state index in [1.165, 1.54) is 0 Å². The van der Waals surface area contributed by atoms with Gasteiger partial charge in [0.1, 0.15) is 0 Å². The van der Waals surface area contributed by atoms with Crippen molar-refractivity contribution in [3.8, 4) is 0 Å². The van der Waals surface area contributed by atoms with Gasteiger partial charge in [0.05, 0.1) is 0 Å². The van der Waals surface area contributed by atoms with E-state index in [9.17, 15) is 4.79 Å². The molecule has 0 bridgehead atoms. The minimum absolute atomic E-state index is 0.280. The summed E-state index contributed by atoms with van der Waals surface area (Å²) in [7, 11) is 0. The van der Waals surface area contributed by atoms with Crippen LogP contribution in [0.2, 0.25) is 0 Å². The molecule has 0 aliphatic carbocycles. The zero-order chi connectivity index (χ0) is 12.1. The predicted molar refractivity (Wildman–Crippen MR) is 68.6 cm³/mol. The number of carbonyl (C=O) groups excluding carboxylic acids is 1. The van der Waals surface area contributed by atoms with E-state index in [1.54, 1.807) is 0 Å². The average molecular weight is 239 g/mol. The fraction of sp³-hybridized carbons (Fsp3) is 0.923. The fourth-order valence-corrected chi connectivity index (χ4v) is 3.00. The standard InChI is InChI=1S/C13H25N3O/c14-6-1-11-4-9-16(10-5-11)13(17)12-2-7-15-8-3-12/h11-12,15H,1-10,14H2. The summed E-state index contributed by atoms with van der Waals surface area (Å²) >= 11 is 0. The first-order valence-corrected chi connectivity index (χ1v) is 7.01. The van der Waals surface area contributed by atoms with Gasteiger partial charge in [0.2, 0.25) is 5.91 Å². The van der Waals surface area contributed by atoms with E-state index in [2.05, 4.69) is 10.2 Å². The van der Waals surface area contributed by atoms with Crippen molar-refractivity contribution in [2.45, 2.75) is 32.1 Å². The van der Waals surface area contributed by atoms with Gasteiger partial charge in [-0.25, -0.2) is 0 Å². The molecule has 2 aliphatic rings. The molecular weight excluding hydrogens is 214 g/mol. The van der Waals surface area contributed by atoms with Crippen LogP contribution in [0.25, 0.3) is 0 Å². The Morgan fingerprint density at radius 2 is 1.82 bits per heavy atom. The highest BCUT2D eigenvalue weighted by Crippen LogP contribution is 2.23. The van der Waals surface area contributed by atoms with Crippen LogP contribution in [0, 0.1) is 11.8 Å². The molecule has 2 fully saturated rings. The Labute approximate surface area is 104 Å². The second kappa shape index (κ2) is 6.36. The normalized spacial score (nSPS) is 23.9. The maximum atomic E-state index is 12.3. The molecule has 4 nitrogen and oxygen atoms in total. The van der Waals surface area contributed by atoms with Gasteiger partial charge in [-0.05, 0) is 57.7 Å². The minimum atomic E-state index is 0.280. The molecule has 0 aromatic carbocycles. The molecule has 3 N–H and O–H groups in total. The van der Waals surface area contributed by atoms with Crippen LogP contribution >= 0.6 is 0 Å². The summed E-state index contributed by atoms with van der Waals surface area (Å²) in [5, 5.41) is 3.31. The van der Waals surface area contributed by atoms with E-state index < -0.39 is 0 Å². The molecule has 2 rings (SSSR count). The number of amides is 1. The Morgan fingerprint density at radius 1 is 1.18 bits per heavy atom. The zero-order valence-corrected chi connectivity index (χ0v) is 10.7. The van der Waals surface area contributed by atoms with Crippen molar-refractivity contribution in [3.05, 3.63) is 0 Å². The van der Waals surface area contributed by atoms with Crippen LogP contribution in [-0.4, -0.2) is 43.5 Å². The molecule has 0 radical (unpaired) electrons. The highest BCUT2D eigenvalue weighted by atomic mass is 16.2. The van der Waals surface area contributed by atoms with E-state index in [4.69, 9.17) is 5.73 Å². The summed E-state index contributed by atoms with van der Waals surface area (Å²) < 4.78 is 0. The highest BCUT2D eigenvalue weighted by Gasteiger charge is 2.28. The number of hydrogen-bond acceptors (Lipinski definition) is 3. The first kappa shape index (κ1) is 12.8. The summed E-state index contributed by atoms with van der Waals surface area (Å²) in [4.78, 5) is 14.4. The lowest BCUT2D eigenvalue weighted by molar-refractivity contribution is -0.137. The number of rotatable bonds is 3. The largest absolute Gasteiger partial charge is 0.342 e. The highest BCUT2D eigenvalue weighted by molar-refractivity contribution is 5.79. The third kappa shape index (κ3) is 3.42. The van der Waals surface area contributed by atoms with Crippen molar-refractivity contribution in [1.82, 2.24) is 10.2 Å². The molecule has 2 aliphatic heterocycles. The van der Waals surface area contributed by atoms with Gasteiger partial charge in [0, 0.05) is 19.0 Å². The maximum absolute atomic E-state index is 12.3. The Bertz CT molecular complexity index is 243. The third-order valence-electron chi connectivity index (χ3n) is 4.19. The SMILES string of the molecule is NCCC1CCN(C(=O)C2CCNCC2)CC1. The zero-order valence-electron chi connectivity index (χ0n) is 10.7. The first-order valence-electron chi connectivity index (χ1n) is 7.01. The number of carbonyl (C=O) groups is 1. The van der Waals surface area contributed by atoms with Crippen LogP contribution < -0.4 is 11.1 Å². The summed E-state index contributed by atoms with van der Waals surface area (Å²) in [6, 6.07) is 0. The van der Waals surface area contributed by atoms with Crippen molar-refractivity contribution in [2.75, 3.05) is 32.7 Å². The molecule has 0 unspecified atom stereocenters. The van der Waals surface area contributed by atoms with Gasteiger partial charge in [-0.15, -0.1) is 0 Å². The molecule has 98 valence electrons. The van der Waals surface area contributed by atoms with E-state index in [0.29, 0.717) is 5.91 Å². The Hall–Kier alpha value is -0.610. The maximum Gasteiger partial charge on any atom is 0.225 e. The topological polar surface area (TPSA) is 58.4 Å². The predicted octanol–water partition coefficient (Wildman–Crippen LogP) is 0.573. The van der Waals surface area contributed by atoms with Crippen molar-refractivity contribution >= 4 is 5.91 Å². The Kier molecular flexibility index (Phi) is 4.80. The van der Waals surface area contributed by atoms with E-state index in [-0.39, 0.29) is 5.92 Å². The molecule has 0 aromatic rings. The first-order chi connectivity index (χ1) is 8.31. The van der Waals surface area contributed by atoms with Crippen LogP contribution in [0.1, 0.15) is 32.1 Å². The summed E-state index contributed by atoms with van der Waals surface area (Å²) in [5.41, 5.74) is 5.58. The Balaban J connectivity index is 1.77. The van der Waals surface area contributed by atoms with Crippen LogP contribution in [0.4, 0.5) is 0 Å². The smallest absolute Gasteiger partial charge is 0.225 e. The molecular formula is C13H25N3O. The number of nitrogens with two attached hydrogens (primary N) is 1. The Morgan fingerprint density at radius 3 is 2.41 bits per heavy atom. The monoisotopic (exact) mass is 239 g/mol. The van der Waals surface area contributed by atoms with E-state index in [1.807, 2.05) is 0 Å². The van der Waals surface area contributed by atoms with Gasteiger partial charge in [-0.3, -0.25) is 4.79 Å². The van der Waals surface area contributed by atoms with Crippen molar-refractivity contribution in [2.24, 2.45) is 17.6 Å². The second-order valence-electron chi connectivity index (χ2n) is 5.37. The second-order valence-corrected chi connectivity index (χ2v) is 5.37. The lowest BCUT2D eigenvalue weighted by atomic mass is 9.91. The summed E-state index contributed by atoms with van der Waals surface area (Å²) in [6.45, 7) is 4.69. The summed E-state index contributed by atoms with van der Waals surface area (Å²) in [5.74, 6) is 1.43. The molecule has 2 heterocycles. The van der Waals surface area contributed by atoms with Crippen molar-refractivity contribution < 1.29 is 4.79 Å². The van der Waals surface area contributed by atoms with Crippen LogP contribution in [0.15, 0.2) is 0 Å². The number of hydrogen-bond donors (Lipinski definition) is 2. The van der Waals surface area contributed by atoms with Crippen LogP contribution in [0.3, 0.4) is 0 Å². The quantitative estimate of drug-likeness (QED) is 0.757. The molecule has 0 spiro atoms. The lowest BCUT2D eigenvalue weighted by Crippen LogP contribution is -2.44. The third-order valence-corrected chi connectivity index (χ3v) is 4.19. The van der Waals surface area contributed by atoms with Crippen molar-refractivity contribution in [1.29, 1.82) is 0 Å². The van der Waals surface area contributed by atoms with Crippen LogP contribution in [0.5, 0.6) is 0 Å². The lowest BCUT2D eigenvalue weighted by Gasteiger charge is -2.35. The van der Waals surface area contributed by atoms with Gasteiger partial charge >= 0.3 is 0 Å². The molecule has 4 heteroatoms. The molecule has 1 amide bonds. The van der Waals surface area contributed by atoms with E-state index >= 15 is 0 Å². The van der Waals surface area contributed by atoms with Gasteiger partial charge in [-0.2, -0.15) is 0 Å². The van der Waals surface area contributed by atoms with Crippen LogP contribution in [-0.2, 0) is 4.79 Å². The number of piperidine rings is 2. The van der Waals surface area contributed by atoms with Gasteiger partial charge in [-0.1, -0.05) is 0 Å². The molecule has 2 saturated heterocycles. The minimum Gasteiger partial charge on any atom is -0.342 e. The molecule has 0 aromatic heterocycles. The number of likely N-dealkylation sites (tertiary alicyclic amines) is 1. The average Bonchev–Trinajstić information content (AvgIpc) is 2.40. The fourth-order valence-electron chi connectivity index (χ4n) is 3.00. The van der Waals surface area contributed by atoms with Gasteiger partial charge in [0.15, 0.2) is 0 Å². The molecule has 0 atom stereocenters. The van der Waals surface area contributed by atoms with Gasteiger partial charge < -0.3 is 16.0 Å². The van der Waals surface area contributed by atoms with Crippen molar-refractivity contribution in [3.63, 3.8) is 0 Å². The van der Waals surface area contributed by atoms with E-state index in [0.717, 1.165) is 70.7 Å².